The lowest BCUT2D eigenvalue weighted by molar-refractivity contribution is 0.758. The summed E-state index contributed by atoms with van der Waals surface area (Å²) in [7, 11) is 0. The van der Waals surface area contributed by atoms with E-state index in [1.807, 2.05) is 0 Å². The van der Waals surface area contributed by atoms with Gasteiger partial charge in [-0.05, 0) is 51.4 Å². The van der Waals surface area contributed by atoms with Crippen molar-refractivity contribution < 1.29 is 0 Å². The number of hydrogen-bond acceptors (Lipinski definition) is 0. The fourth-order valence-electron chi connectivity index (χ4n) is 1.40. The van der Waals surface area contributed by atoms with Gasteiger partial charge in [0.2, 0.25) is 0 Å². The first-order chi connectivity index (χ1) is 7.41. The first-order valence-corrected chi connectivity index (χ1v) is 6.25. The lowest BCUT2D eigenvalue weighted by atomic mass is 10.1. The van der Waals surface area contributed by atoms with Gasteiger partial charge >= 0.3 is 0 Å². The van der Waals surface area contributed by atoms with Gasteiger partial charge in [0.05, 0.1) is 0 Å². The highest BCUT2D eigenvalue weighted by Gasteiger charge is 1.83. The Labute approximate surface area is 95.8 Å². The van der Waals surface area contributed by atoms with Gasteiger partial charge in [-0.1, -0.05) is 43.9 Å². The van der Waals surface area contributed by atoms with E-state index in [-0.39, 0.29) is 0 Å². The Hall–Kier alpha value is -0.780. The summed E-state index contributed by atoms with van der Waals surface area (Å²) in [5.41, 5.74) is 0. The van der Waals surface area contributed by atoms with Crippen LogP contribution in [0.2, 0.25) is 0 Å². The minimum absolute atomic E-state index is 1.05. The second-order valence-electron chi connectivity index (χ2n) is 3.80. The quantitative estimate of drug-likeness (QED) is 0.338. The molecule has 0 nitrogen and oxygen atoms in total. The van der Waals surface area contributed by atoms with E-state index in [0.29, 0.717) is 0 Å². The molecule has 0 bridgehead atoms. The molecule has 0 saturated carbocycles. The summed E-state index contributed by atoms with van der Waals surface area (Å²) < 4.78 is 0. The van der Waals surface area contributed by atoms with Crippen LogP contribution in [-0.2, 0) is 0 Å². The molecule has 0 aromatic heterocycles. The van der Waals surface area contributed by atoms with Crippen molar-refractivity contribution in [2.75, 3.05) is 0 Å². The van der Waals surface area contributed by atoms with Gasteiger partial charge in [-0.25, -0.2) is 0 Å². The molecule has 0 aromatic rings. The Balaban J connectivity index is 3.10. The van der Waals surface area contributed by atoms with Crippen molar-refractivity contribution in [1.29, 1.82) is 0 Å². The maximum atomic E-state index is 5.30. The van der Waals surface area contributed by atoms with Crippen LogP contribution in [0.15, 0.2) is 30.4 Å². The summed E-state index contributed by atoms with van der Waals surface area (Å²) in [5.74, 6) is 0. The van der Waals surface area contributed by atoms with Crippen LogP contribution < -0.4 is 0 Å². The molecule has 15 heavy (non-hydrogen) atoms. The van der Waals surface area contributed by atoms with E-state index in [2.05, 4.69) is 31.2 Å². The molecule has 1 radical (unpaired) electrons. The number of unbranched alkanes of at least 4 members (excludes halogenated alkanes) is 5. The molecule has 0 fully saturated rings. The Bertz CT molecular complexity index is 174. The van der Waals surface area contributed by atoms with Gasteiger partial charge in [0, 0.05) is 0 Å². The van der Waals surface area contributed by atoms with E-state index in [1.165, 1.54) is 38.5 Å². The topological polar surface area (TPSA) is 0 Å². The molecule has 0 N–H and O–H groups in total. The van der Waals surface area contributed by atoms with E-state index in [9.17, 15) is 0 Å². The lowest BCUT2D eigenvalue weighted by Gasteiger charge is -1.93. The van der Waals surface area contributed by atoms with Crippen LogP contribution in [0, 0.1) is 6.58 Å². The predicted octanol–water partition coefficient (Wildman–Crippen LogP) is 5.23. The van der Waals surface area contributed by atoms with Crippen LogP contribution in [0.4, 0.5) is 0 Å². The molecule has 0 spiro atoms. The molecule has 0 atom stereocenters. The maximum Gasteiger partial charge on any atom is -0.0347 e. The van der Waals surface area contributed by atoms with Gasteiger partial charge < -0.3 is 0 Å². The average molecular weight is 205 g/mol. The normalized spacial score (nSPS) is 11.5. The first-order valence-electron chi connectivity index (χ1n) is 6.25. The van der Waals surface area contributed by atoms with Gasteiger partial charge in [0.25, 0.3) is 0 Å². The van der Waals surface area contributed by atoms with Crippen molar-refractivity contribution in [1.82, 2.24) is 0 Å². The van der Waals surface area contributed by atoms with E-state index < -0.39 is 0 Å². The molecule has 0 unspecified atom stereocenters. The predicted molar refractivity (Wildman–Crippen MR) is 69.8 cm³/mol. The Kier molecular flexibility index (Phi) is 12.5. The maximum absolute atomic E-state index is 5.30. The lowest BCUT2D eigenvalue weighted by Crippen LogP contribution is -1.73. The standard InChI is InChI=1S/C15H25/c1-3-5-7-9-11-13-15-14-12-10-8-6-4-2/h1,3,6,8,13,15H,4-5,7,9-12,14H2,2H3. The van der Waals surface area contributed by atoms with Crippen molar-refractivity contribution in [3.05, 3.63) is 37.0 Å². The second kappa shape index (κ2) is 13.2. The van der Waals surface area contributed by atoms with Gasteiger partial charge in [0.1, 0.15) is 0 Å². The number of hydrogen-bond donors (Lipinski definition) is 0. The van der Waals surface area contributed by atoms with Gasteiger partial charge in [-0.3, -0.25) is 0 Å². The zero-order valence-electron chi connectivity index (χ0n) is 10.1. The molecular formula is C15H25. The molecule has 0 aromatic carbocycles. The van der Waals surface area contributed by atoms with E-state index in [0.717, 1.165) is 12.8 Å². The highest BCUT2D eigenvalue weighted by molar-refractivity contribution is 4.85. The number of rotatable bonds is 10. The zero-order valence-corrected chi connectivity index (χ0v) is 10.1. The fourth-order valence-corrected chi connectivity index (χ4v) is 1.40. The third-order valence-electron chi connectivity index (χ3n) is 2.30. The van der Waals surface area contributed by atoms with Crippen LogP contribution in [0.1, 0.15) is 58.3 Å². The van der Waals surface area contributed by atoms with Gasteiger partial charge in [0.15, 0.2) is 0 Å². The largest absolute Gasteiger partial charge is 0.0888 e. The minimum Gasteiger partial charge on any atom is -0.0888 e. The SMILES string of the molecule is [CH]=CCCCCC=CCCCC=CCC. The highest BCUT2D eigenvalue weighted by Crippen LogP contribution is 2.03. The second-order valence-corrected chi connectivity index (χ2v) is 3.80. The molecule has 0 heterocycles. The molecule has 0 heteroatoms. The Morgan fingerprint density at radius 1 is 0.733 bits per heavy atom. The molecule has 0 aliphatic heterocycles. The fraction of sp³-hybridized carbons (Fsp3) is 0.600. The van der Waals surface area contributed by atoms with Crippen molar-refractivity contribution in [2.24, 2.45) is 0 Å². The summed E-state index contributed by atoms with van der Waals surface area (Å²) in [6.45, 7) is 7.48. The van der Waals surface area contributed by atoms with E-state index in [4.69, 9.17) is 6.58 Å². The van der Waals surface area contributed by atoms with E-state index >= 15 is 0 Å². The summed E-state index contributed by atoms with van der Waals surface area (Å²) in [6.07, 6.45) is 20.5. The number of allylic oxidation sites excluding steroid dienone is 5. The van der Waals surface area contributed by atoms with Crippen LogP contribution >= 0.6 is 0 Å². The van der Waals surface area contributed by atoms with Crippen LogP contribution in [-0.4, -0.2) is 0 Å². The zero-order chi connectivity index (χ0) is 11.2. The van der Waals surface area contributed by atoms with Crippen LogP contribution in [0.3, 0.4) is 0 Å². The molecule has 0 aliphatic rings. The summed E-state index contributed by atoms with van der Waals surface area (Å²) in [6, 6.07) is 0. The molecule has 0 aliphatic carbocycles. The first kappa shape index (κ1) is 14.2. The Morgan fingerprint density at radius 3 is 1.87 bits per heavy atom. The van der Waals surface area contributed by atoms with Crippen molar-refractivity contribution >= 4 is 0 Å². The Morgan fingerprint density at radius 2 is 1.27 bits per heavy atom. The van der Waals surface area contributed by atoms with Crippen molar-refractivity contribution in [2.45, 2.75) is 58.3 Å². The average Bonchev–Trinajstić information content (AvgIpc) is 2.26. The van der Waals surface area contributed by atoms with E-state index in [1.54, 1.807) is 6.08 Å². The molecule has 85 valence electrons. The van der Waals surface area contributed by atoms with Crippen molar-refractivity contribution in [3.8, 4) is 0 Å². The van der Waals surface area contributed by atoms with Gasteiger partial charge in [-0.15, -0.1) is 0 Å². The third kappa shape index (κ3) is 13.2. The molecule has 0 amide bonds. The third-order valence-corrected chi connectivity index (χ3v) is 2.30. The van der Waals surface area contributed by atoms with Crippen molar-refractivity contribution in [3.63, 3.8) is 0 Å². The summed E-state index contributed by atoms with van der Waals surface area (Å²) in [4.78, 5) is 0. The van der Waals surface area contributed by atoms with Gasteiger partial charge in [-0.2, -0.15) is 0 Å². The molecule has 0 rings (SSSR count). The minimum atomic E-state index is 1.05. The monoisotopic (exact) mass is 205 g/mol. The smallest absolute Gasteiger partial charge is 0.0347 e. The molecule has 0 saturated heterocycles. The van der Waals surface area contributed by atoms with Crippen LogP contribution in [0.5, 0.6) is 0 Å². The molecular weight excluding hydrogens is 180 g/mol. The summed E-state index contributed by atoms with van der Waals surface area (Å²) in [5, 5.41) is 0. The van der Waals surface area contributed by atoms with Crippen LogP contribution in [0.25, 0.3) is 0 Å². The summed E-state index contributed by atoms with van der Waals surface area (Å²) >= 11 is 0. The highest BCUT2D eigenvalue weighted by atomic mass is 13.9.